The maximum atomic E-state index is 13.1. The molecule has 0 saturated heterocycles. The van der Waals surface area contributed by atoms with Gasteiger partial charge in [-0.15, -0.1) is 11.8 Å². The molecule has 3 aromatic rings. The highest BCUT2D eigenvalue weighted by molar-refractivity contribution is 7.99. The van der Waals surface area contributed by atoms with Gasteiger partial charge in [-0.2, -0.15) is 0 Å². The summed E-state index contributed by atoms with van der Waals surface area (Å²) in [5.41, 5.74) is 3.28. The lowest BCUT2D eigenvalue weighted by Gasteiger charge is -2.14. The van der Waals surface area contributed by atoms with Crippen molar-refractivity contribution in [3.63, 3.8) is 0 Å². The molecule has 0 amide bonds. The first-order valence-electron chi connectivity index (χ1n) is 8.99. The Morgan fingerprint density at radius 2 is 1.89 bits per heavy atom. The predicted octanol–water partition coefficient (Wildman–Crippen LogP) is 5.73. The highest BCUT2D eigenvalue weighted by Crippen LogP contribution is 2.31. The van der Waals surface area contributed by atoms with Crippen LogP contribution in [0, 0.1) is 0 Å². The summed E-state index contributed by atoms with van der Waals surface area (Å²) in [6, 6.07) is 15.8. The Bertz CT molecular complexity index is 1050. The molecular weight excluding hydrogens is 431 g/mol. The van der Waals surface area contributed by atoms with E-state index < -0.39 is 0 Å². The molecule has 2 heterocycles. The van der Waals surface area contributed by atoms with E-state index in [0.29, 0.717) is 22.3 Å². The Morgan fingerprint density at radius 1 is 1.07 bits per heavy atom. The van der Waals surface area contributed by atoms with Crippen molar-refractivity contribution in [2.45, 2.75) is 35.2 Å². The van der Waals surface area contributed by atoms with E-state index in [9.17, 15) is 4.79 Å². The standard InChI is InChI=1S/C21H18Cl2N2OS2/c22-16-7-6-15(12-17(16)23)13-28-21-24-18-9-11-27-19(18)20(26)25(21)10-8-14-4-2-1-3-5-14/h1-7,12H,8-11,13H2. The van der Waals surface area contributed by atoms with Crippen LogP contribution in [0.5, 0.6) is 0 Å². The molecule has 1 aromatic heterocycles. The molecule has 0 spiro atoms. The molecule has 4 rings (SSSR count). The van der Waals surface area contributed by atoms with Crippen LogP contribution in [0.1, 0.15) is 16.8 Å². The third kappa shape index (κ3) is 4.43. The molecule has 0 saturated carbocycles. The molecular formula is C21H18Cl2N2OS2. The highest BCUT2D eigenvalue weighted by Gasteiger charge is 2.21. The number of halogens is 2. The van der Waals surface area contributed by atoms with Crippen LogP contribution in [0.3, 0.4) is 0 Å². The van der Waals surface area contributed by atoms with Crippen molar-refractivity contribution >= 4 is 46.7 Å². The van der Waals surface area contributed by atoms with E-state index in [1.54, 1.807) is 29.6 Å². The van der Waals surface area contributed by atoms with Gasteiger partial charge in [0, 0.05) is 24.5 Å². The smallest absolute Gasteiger partial charge is 0.268 e. The number of fused-ring (bicyclic) bond motifs is 1. The summed E-state index contributed by atoms with van der Waals surface area (Å²) in [6.45, 7) is 0.618. The van der Waals surface area contributed by atoms with Gasteiger partial charge in [-0.3, -0.25) is 9.36 Å². The summed E-state index contributed by atoms with van der Waals surface area (Å²) in [5.74, 6) is 1.61. The van der Waals surface area contributed by atoms with Crippen molar-refractivity contribution in [2.75, 3.05) is 5.75 Å². The Balaban J connectivity index is 1.60. The fraction of sp³-hybridized carbons (Fsp3) is 0.238. The molecule has 1 aliphatic rings. The number of hydrogen-bond acceptors (Lipinski definition) is 4. The molecule has 0 fully saturated rings. The van der Waals surface area contributed by atoms with Gasteiger partial charge in [-0.1, -0.05) is 71.4 Å². The monoisotopic (exact) mass is 448 g/mol. The molecule has 0 unspecified atom stereocenters. The van der Waals surface area contributed by atoms with Crippen molar-refractivity contribution in [2.24, 2.45) is 0 Å². The molecule has 2 aromatic carbocycles. The number of aromatic nitrogens is 2. The van der Waals surface area contributed by atoms with Crippen LogP contribution in [-0.4, -0.2) is 15.3 Å². The first-order chi connectivity index (χ1) is 13.6. The number of aryl methyl sites for hydroxylation is 2. The molecule has 0 aliphatic carbocycles. The summed E-state index contributed by atoms with van der Waals surface area (Å²) in [7, 11) is 0. The first-order valence-corrected chi connectivity index (χ1v) is 11.7. The molecule has 28 heavy (non-hydrogen) atoms. The van der Waals surface area contributed by atoms with E-state index in [2.05, 4.69) is 12.1 Å². The third-order valence-electron chi connectivity index (χ3n) is 4.57. The van der Waals surface area contributed by atoms with Gasteiger partial charge in [-0.25, -0.2) is 4.98 Å². The minimum Gasteiger partial charge on any atom is -0.286 e. The lowest BCUT2D eigenvalue weighted by Crippen LogP contribution is -2.26. The Labute approximate surface area is 182 Å². The summed E-state index contributed by atoms with van der Waals surface area (Å²) < 4.78 is 1.83. The van der Waals surface area contributed by atoms with Crippen LogP contribution in [0.2, 0.25) is 10.0 Å². The van der Waals surface area contributed by atoms with E-state index in [0.717, 1.165) is 39.9 Å². The van der Waals surface area contributed by atoms with Gasteiger partial charge in [0.15, 0.2) is 5.16 Å². The lowest BCUT2D eigenvalue weighted by molar-refractivity contribution is 0.565. The minimum atomic E-state index is 0.0834. The quantitative estimate of drug-likeness (QED) is 0.356. The molecule has 0 atom stereocenters. The molecule has 0 N–H and O–H groups in total. The van der Waals surface area contributed by atoms with E-state index in [1.807, 2.05) is 34.9 Å². The first kappa shape index (κ1) is 19.9. The van der Waals surface area contributed by atoms with Gasteiger partial charge < -0.3 is 0 Å². The van der Waals surface area contributed by atoms with Crippen LogP contribution in [0.4, 0.5) is 0 Å². The Kier molecular flexibility index (Phi) is 6.36. The van der Waals surface area contributed by atoms with Gasteiger partial charge in [0.2, 0.25) is 0 Å². The zero-order valence-corrected chi connectivity index (χ0v) is 18.2. The van der Waals surface area contributed by atoms with E-state index in [-0.39, 0.29) is 5.56 Å². The van der Waals surface area contributed by atoms with Gasteiger partial charge in [0.1, 0.15) is 0 Å². The van der Waals surface area contributed by atoms with Gasteiger partial charge in [0.25, 0.3) is 5.56 Å². The Morgan fingerprint density at radius 3 is 2.68 bits per heavy atom. The fourth-order valence-corrected chi connectivity index (χ4v) is 5.44. The van der Waals surface area contributed by atoms with Crippen LogP contribution >= 0.6 is 46.7 Å². The molecule has 7 heteroatoms. The normalized spacial score (nSPS) is 12.9. The predicted molar refractivity (Wildman–Crippen MR) is 119 cm³/mol. The highest BCUT2D eigenvalue weighted by atomic mass is 35.5. The zero-order chi connectivity index (χ0) is 19.5. The minimum absolute atomic E-state index is 0.0834. The average molecular weight is 449 g/mol. The second kappa shape index (κ2) is 8.95. The van der Waals surface area contributed by atoms with Crippen molar-refractivity contribution in [1.82, 2.24) is 9.55 Å². The molecule has 144 valence electrons. The topological polar surface area (TPSA) is 34.9 Å². The van der Waals surface area contributed by atoms with Gasteiger partial charge in [0.05, 0.1) is 20.6 Å². The second-order valence-corrected chi connectivity index (χ2v) is 9.36. The summed E-state index contributed by atoms with van der Waals surface area (Å²) >= 11 is 15.3. The maximum absolute atomic E-state index is 13.1. The van der Waals surface area contributed by atoms with Gasteiger partial charge in [-0.05, 0) is 29.7 Å². The fourth-order valence-electron chi connectivity index (χ4n) is 3.09. The van der Waals surface area contributed by atoms with E-state index in [4.69, 9.17) is 28.2 Å². The third-order valence-corrected chi connectivity index (χ3v) is 7.46. The summed E-state index contributed by atoms with van der Waals surface area (Å²) in [5, 5.41) is 1.86. The summed E-state index contributed by atoms with van der Waals surface area (Å²) in [6.07, 6.45) is 1.65. The largest absolute Gasteiger partial charge is 0.286 e. The van der Waals surface area contributed by atoms with E-state index in [1.165, 1.54) is 5.56 Å². The van der Waals surface area contributed by atoms with Crippen LogP contribution in [0.25, 0.3) is 0 Å². The number of thioether (sulfide) groups is 2. The average Bonchev–Trinajstić information content (AvgIpc) is 3.18. The SMILES string of the molecule is O=c1c2c(nc(SCc3ccc(Cl)c(Cl)c3)n1CCc1ccccc1)CCS2. The number of rotatable bonds is 6. The van der Waals surface area contributed by atoms with Crippen molar-refractivity contribution < 1.29 is 0 Å². The number of benzene rings is 2. The number of hydrogen-bond donors (Lipinski definition) is 0. The summed E-state index contributed by atoms with van der Waals surface area (Å²) in [4.78, 5) is 18.7. The van der Waals surface area contributed by atoms with E-state index >= 15 is 0 Å². The molecule has 0 bridgehead atoms. The van der Waals surface area contributed by atoms with Crippen molar-refractivity contribution in [3.8, 4) is 0 Å². The zero-order valence-electron chi connectivity index (χ0n) is 15.0. The Hall–Kier alpha value is -1.40. The second-order valence-electron chi connectivity index (χ2n) is 6.50. The maximum Gasteiger partial charge on any atom is 0.268 e. The van der Waals surface area contributed by atoms with Crippen LogP contribution in [-0.2, 0) is 25.1 Å². The molecule has 1 aliphatic heterocycles. The van der Waals surface area contributed by atoms with Crippen molar-refractivity contribution in [3.05, 3.63) is 85.8 Å². The van der Waals surface area contributed by atoms with Gasteiger partial charge >= 0.3 is 0 Å². The van der Waals surface area contributed by atoms with Crippen LogP contribution in [0.15, 0.2) is 63.4 Å². The molecule has 3 nitrogen and oxygen atoms in total. The lowest BCUT2D eigenvalue weighted by atomic mass is 10.1. The van der Waals surface area contributed by atoms with Crippen LogP contribution < -0.4 is 5.56 Å². The van der Waals surface area contributed by atoms with Crippen molar-refractivity contribution in [1.29, 1.82) is 0 Å². The molecule has 0 radical (unpaired) electrons. The number of nitrogens with zero attached hydrogens (tertiary/aromatic N) is 2.